The first-order valence-corrected chi connectivity index (χ1v) is 8.71. The fraction of sp³-hybridized carbons (Fsp3) is 0.632. The molecule has 0 aromatic heterocycles. The number of amides is 1. The summed E-state index contributed by atoms with van der Waals surface area (Å²) >= 11 is 0. The molecule has 4 nitrogen and oxygen atoms in total. The molecule has 3 rings (SSSR count). The lowest BCUT2D eigenvalue weighted by molar-refractivity contribution is -0.139. The average molecular weight is 316 g/mol. The zero-order chi connectivity index (χ0) is 16.4. The van der Waals surface area contributed by atoms with Crippen LogP contribution >= 0.6 is 0 Å². The fourth-order valence-corrected chi connectivity index (χ4v) is 3.79. The van der Waals surface area contributed by atoms with E-state index in [4.69, 9.17) is 4.74 Å². The van der Waals surface area contributed by atoms with Crippen LogP contribution in [-0.4, -0.2) is 49.2 Å². The van der Waals surface area contributed by atoms with E-state index in [1.54, 1.807) is 0 Å². The van der Waals surface area contributed by atoms with Crippen LogP contribution in [-0.2, 0) is 9.53 Å². The van der Waals surface area contributed by atoms with Crippen molar-refractivity contribution in [2.45, 2.75) is 44.8 Å². The van der Waals surface area contributed by atoms with Crippen molar-refractivity contribution in [2.24, 2.45) is 5.92 Å². The zero-order valence-corrected chi connectivity index (χ0v) is 14.5. The molecule has 1 spiro atoms. The van der Waals surface area contributed by atoms with Gasteiger partial charge in [-0.2, -0.15) is 0 Å². The fourth-order valence-electron chi connectivity index (χ4n) is 3.79. The van der Waals surface area contributed by atoms with Crippen molar-refractivity contribution in [1.29, 1.82) is 0 Å². The van der Waals surface area contributed by atoms with Crippen LogP contribution in [0.4, 0.5) is 5.69 Å². The molecule has 4 heteroatoms. The topological polar surface area (TPSA) is 32.8 Å². The quantitative estimate of drug-likeness (QED) is 0.859. The van der Waals surface area contributed by atoms with Crippen LogP contribution in [0.5, 0.6) is 0 Å². The van der Waals surface area contributed by atoms with Gasteiger partial charge in [0, 0.05) is 31.7 Å². The van der Waals surface area contributed by atoms with Crippen LogP contribution in [0.1, 0.15) is 33.1 Å². The van der Waals surface area contributed by atoms with E-state index in [9.17, 15) is 4.79 Å². The minimum Gasteiger partial charge on any atom is -0.373 e. The number of nitrogens with zero attached hydrogens (tertiary/aromatic N) is 2. The molecular formula is C19H28N2O2. The highest BCUT2D eigenvalue weighted by atomic mass is 16.5. The predicted octanol–water partition coefficient (Wildman–Crippen LogP) is 2.93. The number of rotatable bonds is 3. The van der Waals surface area contributed by atoms with Crippen LogP contribution in [0.15, 0.2) is 30.3 Å². The Labute approximate surface area is 139 Å². The summed E-state index contributed by atoms with van der Waals surface area (Å²) in [5.41, 5.74) is 1.21. The SMILES string of the molecule is CC(C)C(=O)N1CCC2(CC1)C[C@@H](N(C)c1ccccc1)CO2. The van der Waals surface area contributed by atoms with E-state index in [0.717, 1.165) is 39.0 Å². The van der Waals surface area contributed by atoms with E-state index in [0.29, 0.717) is 6.04 Å². The third-order valence-electron chi connectivity index (χ3n) is 5.38. The molecule has 0 aliphatic carbocycles. The van der Waals surface area contributed by atoms with Gasteiger partial charge in [0.15, 0.2) is 0 Å². The predicted molar refractivity (Wildman–Crippen MR) is 92.6 cm³/mol. The van der Waals surface area contributed by atoms with Crippen molar-refractivity contribution in [2.75, 3.05) is 31.6 Å². The molecule has 0 N–H and O–H groups in total. The summed E-state index contributed by atoms with van der Waals surface area (Å²) in [5, 5.41) is 0. The lowest BCUT2D eigenvalue weighted by Crippen LogP contribution is -2.48. The van der Waals surface area contributed by atoms with Crippen molar-refractivity contribution in [3.8, 4) is 0 Å². The monoisotopic (exact) mass is 316 g/mol. The number of hydrogen-bond acceptors (Lipinski definition) is 3. The van der Waals surface area contributed by atoms with E-state index in [2.05, 4.69) is 36.2 Å². The largest absolute Gasteiger partial charge is 0.373 e. The van der Waals surface area contributed by atoms with Crippen molar-refractivity contribution in [3.63, 3.8) is 0 Å². The van der Waals surface area contributed by atoms with Gasteiger partial charge < -0.3 is 14.5 Å². The van der Waals surface area contributed by atoms with Gasteiger partial charge in [-0.05, 0) is 31.4 Å². The Morgan fingerprint density at radius 3 is 2.52 bits per heavy atom. The van der Waals surface area contributed by atoms with Gasteiger partial charge in [-0.1, -0.05) is 32.0 Å². The Morgan fingerprint density at radius 1 is 1.26 bits per heavy atom. The standard InChI is InChI=1S/C19H28N2O2/c1-15(2)18(22)21-11-9-19(10-12-21)13-17(14-23-19)20(3)16-7-5-4-6-8-16/h4-8,15,17H,9-14H2,1-3H3/t17-/m1/s1. The van der Waals surface area contributed by atoms with E-state index in [-0.39, 0.29) is 17.4 Å². The highest BCUT2D eigenvalue weighted by molar-refractivity contribution is 5.78. The Morgan fingerprint density at radius 2 is 1.91 bits per heavy atom. The zero-order valence-electron chi connectivity index (χ0n) is 14.5. The third-order valence-corrected chi connectivity index (χ3v) is 5.38. The van der Waals surface area contributed by atoms with Gasteiger partial charge in [-0.15, -0.1) is 0 Å². The van der Waals surface area contributed by atoms with Crippen molar-refractivity contribution >= 4 is 11.6 Å². The maximum absolute atomic E-state index is 12.1. The number of carbonyl (C=O) groups excluding carboxylic acids is 1. The summed E-state index contributed by atoms with van der Waals surface area (Å²) in [7, 11) is 2.15. The number of piperidine rings is 1. The number of carbonyl (C=O) groups is 1. The van der Waals surface area contributed by atoms with Gasteiger partial charge in [0.25, 0.3) is 0 Å². The lowest BCUT2D eigenvalue weighted by atomic mass is 9.86. The minimum absolute atomic E-state index is 0.0263. The summed E-state index contributed by atoms with van der Waals surface area (Å²) in [5.74, 6) is 0.362. The van der Waals surface area contributed by atoms with Crippen LogP contribution < -0.4 is 4.90 Å². The highest BCUT2D eigenvalue weighted by Gasteiger charge is 2.44. The first kappa shape index (κ1) is 16.3. The van der Waals surface area contributed by atoms with Crippen LogP contribution in [0.25, 0.3) is 0 Å². The minimum atomic E-state index is -0.0263. The average Bonchev–Trinajstić information content (AvgIpc) is 2.99. The van der Waals surface area contributed by atoms with E-state index < -0.39 is 0 Å². The second-order valence-corrected chi connectivity index (χ2v) is 7.28. The molecular weight excluding hydrogens is 288 g/mol. The second kappa shape index (κ2) is 6.52. The Balaban J connectivity index is 1.59. The summed E-state index contributed by atoms with van der Waals surface area (Å²) in [6, 6.07) is 10.9. The molecule has 2 fully saturated rings. The summed E-state index contributed by atoms with van der Waals surface area (Å²) in [6.07, 6.45) is 2.98. The number of hydrogen-bond donors (Lipinski definition) is 0. The molecule has 1 atom stereocenters. The Bertz CT molecular complexity index is 536. The first-order chi connectivity index (χ1) is 11.0. The lowest BCUT2D eigenvalue weighted by Gasteiger charge is -2.39. The molecule has 2 heterocycles. The molecule has 0 radical (unpaired) electrons. The summed E-state index contributed by atoms with van der Waals surface area (Å²) < 4.78 is 6.25. The maximum Gasteiger partial charge on any atom is 0.225 e. The van der Waals surface area contributed by atoms with E-state index in [1.165, 1.54) is 5.69 Å². The van der Waals surface area contributed by atoms with Crippen LogP contribution in [0, 0.1) is 5.92 Å². The van der Waals surface area contributed by atoms with Crippen molar-refractivity contribution in [3.05, 3.63) is 30.3 Å². The van der Waals surface area contributed by atoms with Crippen molar-refractivity contribution < 1.29 is 9.53 Å². The molecule has 126 valence electrons. The van der Waals surface area contributed by atoms with Gasteiger partial charge in [-0.25, -0.2) is 0 Å². The molecule has 2 aliphatic heterocycles. The second-order valence-electron chi connectivity index (χ2n) is 7.28. The van der Waals surface area contributed by atoms with Crippen molar-refractivity contribution in [1.82, 2.24) is 4.90 Å². The van der Waals surface area contributed by atoms with E-state index in [1.807, 2.05) is 24.8 Å². The third kappa shape index (κ3) is 3.37. The molecule has 23 heavy (non-hydrogen) atoms. The Kier molecular flexibility index (Phi) is 4.62. The van der Waals surface area contributed by atoms with Gasteiger partial charge in [0.1, 0.15) is 0 Å². The molecule has 1 amide bonds. The van der Waals surface area contributed by atoms with Crippen LogP contribution in [0.2, 0.25) is 0 Å². The molecule has 2 saturated heterocycles. The molecule has 2 aliphatic rings. The summed E-state index contributed by atoms with van der Waals surface area (Å²) in [4.78, 5) is 16.5. The van der Waals surface area contributed by atoms with Gasteiger partial charge >= 0.3 is 0 Å². The Hall–Kier alpha value is -1.55. The number of para-hydroxylation sites is 1. The van der Waals surface area contributed by atoms with Gasteiger partial charge in [0.05, 0.1) is 18.2 Å². The molecule has 1 aromatic rings. The maximum atomic E-state index is 12.1. The molecule has 0 bridgehead atoms. The van der Waals surface area contributed by atoms with E-state index >= 15 is 0 Å². The molecule has 1 aromatic carbocycles. The smallest absolute Gasteiger partial charge is 0.225 e. The normalized spacial score (nSPS) is 23.5. The number of likely N-dealkylation sites (N-methyl/N-ethyl adjacent to an activating group) is 1. The number of anilines is 1. The first-order valence-electron chi connectivity index (χ1n) is 8.71. The van der Waals surface area contributed by atoms with Gasteiger partial charge in [-0.3, -0.25) is 4.79 Å². The number of benzene rings is 1. The van der Waals surface area contributed by atoms with Crippen LogP contribution in [0.3, 0.4) is 0 Å². The number of likely N-dealkylation sites (tertiary alicyclic amines) is 1. The molecule has 0 unspecified atom stereocenters. The van der Waals surface area contributed by atoms with Gasteiger partial charge in [0.2, 0.25) is 5.91 Å². The highest BCUT2D eigenvalue weighted by Crippen LogP contribution is 2.38. The molecule has 0 saturated carbocycles. The summed E-state index contributed by atoms with van der Waals surface area (Å²) in [6.45, 7) is 6.40. The number of ether oxygens (including phenoxy) is 1.